The molecule has 0 bridgehead atoms. The first-order valence-electron chi connectivity index (χ1n) is 16.9. The number of phenolic OH excluding ortho intramolecular Hbond substituents is 2. The Morgan fingerprint density at radius 2 is 1.14 bits per heavy atom. The number of benzene rings is 4. The number of rotatable bonds is 5. The van der Waals surface area contributed by atoms with Gasteiger partial charge >= 0.3 is 0 Å². The summed E-state index contributed by atoms with van der Waals surface area (Å²) in [7, 11) is 0. The van der Waals surface area contributed by atoms with E-state index in [1.165, 1.54) is 18.5 Å². The number of pyridine rings is 4. The molecule has 0 spiro atoms. The molecule has 9 nitrogen and oxygen atoms in total. The molecule has 0 radical (unpaired) electrons. The summed E-state index contributed by atoms with van der Waals surface area (Å²) in [6.07, 6.45) is 6.83. The minimum absolute atomic E-state index is 0.0386. The molecule has 0 aliphatic rings. The molecule has 0 fully saturated rings. The predicted molar refractivity (Wildman–Crippen MR) is 244 cm³/mol. The van der Waals surface area contributed by atoms with Gasteiger partial charge in [0.2, 0.25) is 0 Å². The Kier molecular flexibility index (Phi) is 16.5. The van der Waals surface area contributed by atoms with Crippen molar-refractivity contribution in [1.82, 2.24) is 19.9 Å². The van der Waals surface area contributed by atoms with E-state index in [2.05, 4.69) is 25.3 Å². The monoisotopic (exact) mass is 944 g/mol. The number of aromatic nitrogens is 4. The molecule has 300 valence electrons. The van der Waals surface area contributed by atoms with Crippen LogP contribution in [0.5, 0.6) is 11.5 Å². The Balaban J connectivity index is 0.000000179. The molecular formula is C42H28Cl8N6O3. The molecule has 59 heavy (non-hydrogen) atoms. The van der Waals surface area contributed by atoms with Crippen LogP contribution in [0.4, 0.5) is 11.6 Å². The van der Waals surface area contributed by atoms with Crippen LogP contribution in [0.3, 0.4) is 0 Å². The number of hydrogen-bond donors (Lipinski definition) is 4. The zero-order valence-corrected chi connectivity index (χ0v) is 36.0. The number of aromatic hydroxyl groups is 2. The quantitative estimate of drug-likeness (QED) is 0.124. The van der Waals surface area contributed by atoms with E-state index in [1.54, 1.807) is 60.9 Å². The highest BCUT2D eigenvalue weighted by molar-refractivity contribution is 6.44. The molecule has 4 heterocycles. The normalized spacial score (nSPS) is 10.9. The highest BCUT2D eigenvalue weighted by Gasteiger charge is 2.24. The van der Waals surface area contributed by atoms with Crippen LogP contribution < -0.4 is 11.1 Å². The van der Waals surface area contributed by atoms with Gasteiger partial charge in [0.15, 0.2) is 6.29 Å². The van der Waals surface area contributed by atoms with Gasteiger partial charge in [-0.3, -0.25) is 14.8 Å². The number of halogens is 8. The Hall–Kier alpha value is -4.81. The maximum absolute atomic E-state index is 11.0. The molecule has 0 saturated heterocycles. The molecule has 1 unspecified atom stereocenters. The summed E-state index contributed by atoms with van der Waals surface area (Å²) in [6, 6.07) is 29.3. The van der Waals surface area contributed by atoms with Gasteiger partial charge < -0.3 is 21.3 Å². The van der Waals surface area contributed by atoms with Crippen molar-refractivity contribution in [3.05, 3.63) is 185 Å². The number of fused-ring (bicyclic) bond motifs is 2. The Morgan fingerprint density at radius 3 is 1.75 bits per heavy atom. The van der Waals surface area contributed by atoms with Gasteiger partial charge in [0.1, 0.15) is 34.2 Å². The first kappa shape index (κ1) is 45.3. The maximum Gasteiger partial charge on any atom is 0.151 e. The molecule has 1 atom stereocenters. The third-order valence-corrected chi connectivity index (χ3v) is 11.1. The van der Waals surface area contributed by atoms with Crippen LogP contribution in [0.2, 0.25) is 40.2 Å². The highest BCUT2D eigenvalue weighted by Crippen LogP contribution is 2.40. The van der Waals surface area contributed by atoms with Crippen LogP contribution in [0.25, 0.3) is 21.8 Å². The molecule has 5 N–H and O–H groups in total. The second-order valence-corrected chi connectivity index (χ2v) is 15.1. The van der Waals surface area contributed by atoms with Crippen LogP contribution in [-0.4, -0.2) is 36.4 Å². The lowest BCUT2D eigenvalue weighted by molar-refractivity contribution is 0.112. The zero-order valence-electron chi connectivity index (χ0n) is 30.0. The highest BCUT2D eigenvalue weighted by atomic mass is 35.5. The van der Waals surface area contributed by atoms with Gasteiger partial charge in [0.05, 0.1) is 46.2 Å². The zero-order chi connectivity index (χ0) is 42.6. The number of nitrogen functional groups attached to an aromatic ring is 1. The average Bonchev–Trinajstić information content (AvgIpc) is 3.23. The van der Waals surface area contributed by atoms with Crippen molar-refractivity contribution < 1.29 is 15.0 Å². The van der Waals surface area contributed by atoms with Gasteiger partial charge in [-0.2, -0.15) is 0 Å². The van der Waals surface area contributed by atoms with E-state index in [4.69, 9.17) is 98.5 Å². The smallest absolute Gasteiger partial charge is 0.151 e. The SMILES string of the molecule is Nc1cc(Cl)c(Cl)cn1.O=Cc1cccc(Cl)c1Cl.Oc1c(C(Nc2cc(Cl)c(Cl)cn2)c2cccc(Cl)c2Cl)ccc2cccnc12.Oc1cccc2cccnc12. The number of aldehydes is 1. The number of phenols is 2. The molecule has 17 heteroatoms. The second kappa shape index (κ2) is 21.4. The summed E-state index contributed by atoms with van der Waals surface area (Å²) in [4.78, 5) is 26.5. The van der Waals surface area contributed by atoms with Gasteiger partial charge in [-0.15, -0.1) is 0 Å². The number of carbonyl (C=O) groups excluding carboxylic acids is 1. The van der Waals surface area contributed by atoms with E-state index in [0.29, 0.717) is 85.8 Å². The lowest BCUT2D eigenvalue weighted by Crippen LogP contribution is -2.14. The fourth-order valence-corrected chi connectivity index (χ4v) is 6.50. The topological polar surface area (TPSA) is 147 Å². The minimum atomic E-state index is -0.572. The summed E-state index contributed by atoms with van der Waals surface area (Å²) >= 11 is 47.2. The van der Waals surface area contributed by atoms with Crippen LogP contribution in [-0.2, 0) is 0 Å². The summed E-state index contributed by atoms with van der Waals surface area (Å²) in [6.45, 7) is 0. The molecule has 0 aliphatic carbocycles. The first-order chi connectivity index (χ1) is 28.3. The summed E-state index contributed by atoms with van der Waals surface area (Å²) in [5.74, 6) is 1.12. The molecule has 8 aromatic rings. The lowest BCUT2D eigenvalue weighted by Gasteiger charge is -2.23. The molecule has 0 aliphatic heterocycles. The minimum Gasteiger partial charge on any atom is -0.506 e. The molecule has 4 aromatic heterocycles. The van der Waals surface area contributed by atoms with Crippen LogP contribution in [0, 0.1) is 0 Å². The number of nitrogens with zero attached hydrogens (tertiary/aromatic N) is 4. The first-order valence-corrected chi connectivity index (χ1v) is 19.9. The van der Waals surface area contributed by atoms with E-state index in [1.807, 2.05) is 48.5 Å². The van der Waals surface area contributed by atoms with Gasteiger partial charge in [-0.05, 0) is 35.9 Å². The van der Waals surface area contributed by atoms with Gasteiger partial charge in [0, 0.05) is 58.8 Å². The van der Waals surface area contributed by atoms with Crippen molar-refractivity contribution in [1.29, 1.82) is 0 Å². The Bertz CT molecular complexity index is 2740. The molecule has 8 rings (SSSR count). The third-order valence-electron chi connectivity index (χ3n) is 8.03. The van der Waals surface area contributed by atoms with E-state index in [-0.39, 0.29) is 11.5 Å². The van der Waals surface area contributed by atoms with E-state index < -0.39 is 6.04 Å². The van der Waals surface area contributed by atoms with E-state index >= 15 is 0 Å². The number of nitrogens with one attached hydrogen (secondary N) is 1. The number of carbonyl (C=O) groups is 1. The molecule has 0 saturated carbocycles. The number of anilines is 2. The van der Waals surface area contributed by atoms with Crippen LogP contribution >= 0.6 is 92.8 Å². The summed E-state index contributed by atoms with van der Waals surface area (Å²) in [5.41, 5.74) is 8.07. The largest absolute Gasteiger partial charge is 0.506 e. The molecule has 0 amide bonds. The van der Waals surface area contributed by atoms with Crippen molar-refractivity contribution in [3.8, 4) is 11.5 Å². The fraction of sp³-hybridized carbons (Fsp3) is 0.0238. The van der Waals surface area contributed by atoms with E-state index in [0.717, 1.165) is 10.8 Å². The van der Waals surface area contributed by atoms with E-state index in [9.17, 15) is 15.0 Å². The number of para-hydroxylation sites is 1. The lowest BCUT2D eigenvalue weighted by atomic mass is 9.96. The number of hydrogen-bond acceptors (Lipinski definition) is 9. The standard InChI is InChI=1S/C21H13Cl4N3O.C9H7NO.C7H4Cl2O.C5H4Cl2N2/c22-14-5-1-4-12(18(14)25)20(28-17-9-15(23)16(24)10-27-17)13-7-6-11-3-2-8-26-19(11)21(13)29;11-8-5-1-3-7-4-2-6-10-9(7)8;8-6-3-1-2-5(4-10)7(6)9;6-3-1-5(8)9-2-4(3)7/h1-10,20,29H,(H,27,28);1-6,11H;1-4H;1-2H,(H2,8,9). The van der Waals surface area contributed by atoms with Crippen molar-refractivity contribution in [2.24, 2.45) is 0 Å². The molecular weight excluding hydrogens is 920 g/mol. The third kappa shape index (κ3) is 11.9. The predicted octanol–water partition coefficient (Wildman–Crippen LogP) is 13.9. The van der Waals surface area contributed by atoms with Crippen molar-refractivity contribution in [3.63, 3.8) is 0 Å². The van der Waals surface area contributed by atoms with Crippen molar-refractivity contribution >= 4 is 133 Å². The average molecular weight is 948 g/mol. The fourth-order valence-electron chi connectivity index (χ4n) is 5.21. The summed E-state index contributed by atoms with van der Waals surface area (Å²) in [5, 5.41) is 28.4. The maximum atomic E-state index is 11.0. The Labute approximate surface area is 378 Å². The molecule has 4 aromatic carbocycles. The van der Waals surface area contributed by atoms with Crippen molar-refractivity contribution in [2.75, 3.05) is 11.1 Å². The second-order valence-electron chi connectivity index (χ2n) is 11.9. The van der Waals surface area contributed by atoms with Gasteiger partial charge in [0.25, 0.3) is 0 Å². The van der Waals surface area contributed by atoms with Crippen molar-refractivity contribution in [2.45, 2.75) is 6.04 Å². The van der Waals surface area contributed by atoms with Crippen LogP contribution in [0.15, 0.2) is 128 Å². The van der Waals surface area contributed by atoms with Gasteiger partial charge in [-0.1, -0.05) is 153 Å². The Morgan fingerprint density at radius 1 is 0.559 bits per heavy atom. The summed E-state index contributed by atoms with van der Waals surface area (Å²) < 4.78 is 0. The number of nitrogens with two attached hydrogens (primary N) is 1. The van der Waals surface area contributed by atoms with Gasteiger partial charge in [-0.25, -0.2) is 9.97 Å². The van der Waals surface area contributed by atoms with Crippen LogP contribution in [0.1, 0.15) is 27.5 Å².